The molecule has 5 aromatic carbocycles. The predicted molar refractivity (Wildman–Crippen MR) is 235 cm³/mol. The molecule has 0 unspecified atom stereocenters. The molecule has 5 heteroatoms. The molecule has 8 aromatic rings. The first kappa shape index (κ1) is 35.5. The highest BCUT2D eigenvalue weighted by molar-refractivity contribution is 6.10. The average Bonchev–Trinajstić information content (AvgIpc) is 3.67. The topological polar surface area (TPSA) is 56.5 Å². The van der Waals surface area contributed by atoms with Crippen LogP contribution in [0.3, 0.4) is 0 Å². The van der Waals surface area contributed by atoms with Crippen LogP contribution in [0, 0.1) is 10.8 Å². The highest BCUT2D eigenvalue weighted by atomic mass is 15.0. The van der Waals surface area contributed by atoms with Crippen LogP contribution in [0.25, 0.3) is 72.9 Å². The second-order valence-corrected chi connectivity index (χ2v) is 18.6. The van der Waals surface area contributed by atoms with Gasteiger partial charge in [-0.3, -0.25) is 4.98 Å². The molecular weight excluding hydrogens is 695 g/mol. The molecule has 282 valence electrons. The second kappa shape index (κ2) is 11.8. The number of hydrogen-bond donors (Lipinski definition) is 0. The van der Waals surface area contributed by atoms with Crippen LogP contribution in [-0.2, 0) is 16.2 Å². The first-order valence-corrected chi connectivity index (χ1v) is 20.2. The van der Waals surface area contributed by atoms with E-state index in [2.05, 4.69) is 176 Å². The van der Waals surface area contributed by atoms with E-state index in [1.54, 1.807) is 5.56 Å². The van der Waals surface area contributed by atoms with Crippen LogP contribution >= 0.6 is 0 Å². The summed E-state index contributed by atoms with van der Waals surface area (Å²) in [7, 11) is 0. The summed E-state index contributed by atoms with van der Waals surface area (Å²) in [6, 6.07) is 45.0. The number of nitrogens with zero attached hydrogens (tertiary/aromatic N) is 5. The van der Waals surface area contributed by atoms with E-state index in [0.717, 1.165) is 44.5 Å². The van der Waals surface area contributed by atoms with Crippen molar-refractivity contribution >= 4 is 21.8 Å². The molecule has 0 saturated heterocycles. The standard InChI is InChI=1S/C52H49N5/c1-48(2)39-29-35(30-40-44(39)52(9,50(48,5)6)51(7,8)49(40,3)4)41-26-24-34(31-53-41)47-55-45(32-18-12-10-13-19-32)54-46(56-47)33-25-27-43-38(28-33)37-22-16-17-23-42(37)57(43)36-20-14-11-15-21-36/h10-31H,1-9H3. The summed E-state index contributed by atoms with van der Waals surface area (Å²) < 4.78 is 2.33. The Bertz CT molecular complexity index is 2850. The molecule has 0 N–H and O–H groups in total. The lowest BCUT2D eigenvalue weighted by atomic mass is 9.47. The molecule has 0 saturated carbocycles. The number of para-hydroxylation sites is 2. The third-order valence-electron chi connectivity index (χ3n) is 15.5. The predicted octanol–water partition coefficient (Wildman–Crippen LogP) is 12.9. The number of pyridine rings is 1. The van der Waals surface area contributed by atoms with E-state index in [4.69, 9.17) is 19.9 Å². The molecule has 0 spiro atoms. The van der Waals surface area contributed by atoms with E-state index in [0.29, 0.717) is 17.5 Å². The average molecular weight is 744 g/mol. The van der Waals surface area contributed by atoms with Gasteiger partial charge >= 0.3 is 0 Å². The molecule has 0 bridgehead atoms. The SMILES string of the molecule is CC1(C)c2cc(-c3ccc(-c4nc(-c5ccccc5)nc(-c5ccc6c(c5)c5ccccc5n6-c5ccccc5)n4)cn3)cc3c2C(C)(C1(C)C)C(C)(C)C3(C)C. The molecule has 0 fully saturated rings. The molecule has 2 aliphatic carbocycles. The third kappa shape index (κ3) is 4.63. The molecule has 0 radical (unpaired) electrons. The van der Waals surface area contributed by atoms with Crippen LogP contribution in [0.15, 0.2) is 134 Å². The molecule has 3 heterocycles. The number of rotatable bonds is 5. The fraction of sp³-hybridized carbons (Fsp3) is 0.269. The molecule has 3 aromatic heterocycles. The summed E-state index contributed by atoms with van der Waals surface area (Å²) in [5, 5.41) is 2.33. The lowest BCUT2D eigenvalue weighted by Gasteiger charge is -2.56. The highest BCUT2D eigenvalue weighted by Crippen LogP contribution is 2.76. The summed E-state index contributed by atoms with van der Waals surface area (Å²) >= 11 is 0. The lowest BCUT2D eigenvalue weighted by Crippen LogP contribution is -2.55. The Labute approximate surface area is 335 Å². The highest BCUT2D eigenvalue weighted by Gasteiger charge is 2.72. The van der Waals surface area contributed by atoms with Crippen LogP contribution in [0.4, 0.5) is 0 Å². The van der Waals surface area contributed by atoms with Crippen LogP contribution < -0.4 is 0 Å². The summed E-state index contributed by atoms with van der Waals surface area (Å²) in [6.45, 7) is 22.2. The molecular formula is C52H49N5. The maximum absolute atomic E-state index is 5.14. The van der Waals surface area contributed by atoms with Gasteiger partial charge < -0.3 is 4.57 Å². The fourth-order valence-electron chi connectivity index (χ4n) is 10.7. The number of aromatic nitrogens is 5. The van der Waals surface area contributed by atoms with Crippen molar-refractivity contribution in [3.8, 4) is 51.1 Å². The molecule has 0 amide bonds. The fourth-order valence-corrected chi connectivity index (χ4v) is 10.7. The quantitative estimate of drug-likeness (QED) is 0.176. The lowest BCUT2D eigenvalue weighted by molar-refractivity contribution is -0.0105. The van der Waals surface area contributed by atoms with Gasteiger partial charge in [0.1, 0.15) is 0 Å². The summed E-state index contributed by atoms with van der Waals surface area (Å²) in [6.07, 6.45) is 1.93. The van der Waals surface area contributed by atoms with Crippen molar-refractivity contribution in [2.75, 3.05) is 0 Å². The summed E-state index contributed by atoms with van der Waals surface area (Å²) in [5.74, 6) is 1.85. The Morgan fingerprint density at radius 2 is 0.965 bits per heavy atom. The van der Waals surface area contributed by atoms with E-state index in [-0.39, 0.29) is 27.1 Å². The molecule has 57 heavy (non-hydrogen) atoms. The van der Waals surface area contributed by atoms with Crippen LogP contribution in [0.2, 0.25) is 0 Å². The van der Waals surface area contributed by atoms with E-state index < -0.39 is 0 Å². The maximum atomic E-state index is 5.14. The van der Waals surface area contributed by atoms with Gasteiger partial charge in [-0.2, -0.15) is 0 Å². The van der Waals surface area contributed by atoms with E-state index >= 15 is 0 Å². The largest absolute Gasteiger partial charge is 0.309 e. The summed E-state index contributed by atoms with van der Waals surface area (Å²) in [4.78, 5) is 20.4. The number of fused-ring (bicyclic) bond motifs is 3. The molecule has 0 atom stereocenters. The maximum Gasteiger partial charge on any atom is 0.165 e. The Balaban J connectivity index is 1.10. The third-order valence-corrected chi connectivity index (χ3v) is 15.5. The Morgan fingerprint density at radius 1 is 0.439 bits per heavy atom. The zero-order valence-electron chi connectivity index (χ0n) is 34.4. The summed E-state index contributed by atoms with van der Waals surface area (Å²) in [5.41, 5.74) is 12.9. The van der Waals surface area contributed by atoms with E-state index in [1.807, 2.05) is 24.4 Å². The van der Waals surface area contributed by atoms with Crippen molar-refractivity contribution in [3.63, 3.8) is 0 Å². The number of hydrogen-bond acceptors (Lipinski definition) is 4. The minimum atomic E-state index is -0.00978. The second-order valence-electron chi connectivity index (χ2n) is 18.6. The number of benzene rings is 5. The van der Waals surface area contributed by atoms with Gasteiger partial charge in [0.2, 0.25) is 0 Å². The van der Waals surface area contributed by atoms with Crippen molar-refractivity contribution in [3.05, 3.63) is 150 Å². The van der Waals surface area contributed by atoms with Gasteiger partial charge in [-0.1, -0.05) is 129 Å². The van der Waals surface area contributed by atoms with Gasteiger partial charge in [-0.05, 0) is 99.0 Å². The molecule has 10 rings (SSSR count). The minimum absolute atomic E-state index is 0.00978. The molecule has 2 aliphatic rings. The van der Waals surface area contributed by atoms with Gasteiger partial charge in [0.05, 0.1) is 16.7 Å². The van der Waals surface area contributed by atoms with E-state index in [9.17, 15) is 0 Å². The van der Waals surface area contributed by atoms with E-state index in [1.165, 1.54) is 22.1 Å². The smallest absolute Gasteiger partial charge is 0.165 e. The molecule has 5 nitrogen and oxygen atoms in total. The van der Waals surface area contributed by atoms with Crippen LogP contribution in [-0.4, -0.2) is 24.5 Å². The van der Waals surface area contributed by atoms with Crippen molar-refractivity contribution in [2.45, 2.75) is 78.6 Å². The van der Waals surface area contributed by atoms with Gasteiger partial charge in [0.15, 0.2) is 17.5 Å². The van der Waals surface area contributed by atoms with Crippen molar-refractivity contribution in [2.24, 2.45) is 10.8 Å². The minimum Gasteiger partial charge on any atom is -0.309 e. The van der Waals surface area contributed by atoms with Gasteiger partial charge in [-0.25, -0.2) is 15.0 Å². The molecule has 0 aliphatic heterocycles. The van der Waals surface area contributed by atoms with Crippen molar-refractivity contribution in [1.29, 1.82) is 0 Å². The Kier molecular flexibility index (Phi) is 7.34. The van der Waals surface area contributed by atoms with Crippen molar-refractivity contribution < 1.29 is 0 Å². The normalized spacial score (nSPS) is 17.9. The van der Waals surface area contributed by atoms with Gasteiger partial charge in [0, 0.05) is 50.3 Å². The van der Waals surface area contributed by atoms with Crippen LogP contribution in [0.5, 0.6) is 0 Å². The van der Waals surface area contributed by atoms with Gasteiger partial charge in [0.25, 0.3) is 0 Å². The first-order chi connectivity index (χ1) is 27.2. The van der Waals surface area contributed by atoms with Gasteiger partial charge in [-0.15, -0.1) is 0 Å². The first-order valence-electron chi connectivity index (χ1n) is 20.2. The van der Waals surface area contributed by atoms with Crippen molar-refractivity contribution in [1.82, 2.24) is 24.5 Å². The Hall–Kier alpha value is -5.94. The zero-order chi connectivity index (χ0) is 39.7. The van der Waals surface area contributed by atoms with Crippen LogP contribution in [0.1, 0.15) is 79.0 Å². The Morgan fingerprint density at radius 3 is 1.58 bits per heavy atom. The monoisotopic (exact) mass is 743 g/mol. The zero-order valence-corrected chi connectivity index (χ0v) is 34.4.